The molecule has 1 aliphatic carbocycles. The third-order valence-corrected chi connectivity index (χ3v) is 5.63. The van der Waals surface area contributed by atoms with Crippen molar-refractivity contribution in [1.29, 1.82) is 0 Å². The van der Waals surface area contributed by atoms with Gasteiger partial charge in [0.05, 0.1) is 12.1 Å². The molecule has 2 fully saturated rings. The van der Waals surface area contributed by atoms with Gasteiger partial charge in [-0.15, -0.1) is 23.7 Å². The van der Waals surface area contributed by atoms with Crippen LogP contribution in [0.3, 0.4) is 0 Å². The Kier molecular flexibility index (Phi) is 4.05. The van der Waals surface area contributed by atoms with E-state index in [1.807, 2.05) is 11.4 Å². The number of nitrogens with zero attached hydrogens (tertiary/aromatic N) is 2. The van der Waals surface area contributed by atoms with Crippen LogP contribution in [0.4, 0.5) is 0 Å². The topological polar surface area (TPSA) is 75.0 Å². The molecule has 3 heterocycles. The lowest BCUT2D eigenvalue weighted by Crippen LogP contribution is -2.30. The minimum absolute atomic E-state index is 0. The number of halogens is 1. The Morgan fingerprint density at radius 2 is 2.29 bits per heavy atom. The van der Waals surface area contributed by atoms with Crippen molar-refractivity contribution >= 4 is 34.0 Å². The fraction of sp³-hybridized carbons (Fsp3) is 0.571. The number of nitrogens with two attached hydrogens (primary N) is 1. The van der Waals surface area contributed by atoms with Gasteiger partial charge in [0.15, 0.2) is 0 Å². The summed E-state index contributed by atoms with van der Waals surface area (Å²) in [6.07, 6.45) is 2.41. The molecular weight excluding hydrogens is 308 g/mol. The molecule has 3 atom stereocenters. The van der Waals surface area contributed by atoms with Crippen LogP contribution >= 0.6 is 23.7 Å². The Morgan fingerprint density at radius 3 is 3.10 bits per heavy atom. The van der Waals surface area contributed by atoms with Gasteiger partial charge in [-0.05, 0) is 36.1 Å². The molecule has 3 unspecified atom stereocenters. The van der Waals surface area contributed by atoms with Crippen LogP contribution in [0.2, 0.25) is 0 Å². The molecule has 0 radical (unpaired) electrons. The van der Waals surface area contributed by atoms with E-state index >= 15 is 0 Å². The van der Waals surface area contributed by atoms with Crippen molar-refractivity contribution in [3.8, 4) is 0 Å². The number of likely N-dealkylation sites (tertiary alicyclic amines) is 1. The molecule has 0 amide bonds. The third kappa shape index (κ3) is 2.61. The fourth-order valence-corrected chi connectivity index (χ4v) is 4.46. The Labute approximate surface area is 133 Å². The van der Waals surface area contributed by atoms with E-state index in [-0.39, 0.29) is 18.0 Å². The van der Waals surface area contributed by atoms with Crippen LogP contribution in [-0.4, -0.2) is 34.0 Å². The molecule has 1 aliphatic heterocycles. The standard InChI is InChI=1S/C14H18N4OS.ClH/c15-10-2-1-8-5-18(6-9(8)10)7-12-16-11-3-4-20-13(11)14(19)17-12;/h3-4,8-10H,1-2,5-7,15H2,(H,16,17,19);1H. The summed E-state index contributed by atoms with van der Waals surface area (Å²) in [5, 5.41) is 1.91. The predicted molar refractivity (Wildman–Crippen MR) is 87.0 cm³/mol. The van der Waals surface area contributed by atoms with Crippen molar-refractivity contribution in [2.45, 2.75) is 25.4 Å². The van der Waals surface area contributed by atoms with E-state index in [1.165, 1.54) is 24.2 Å². The van der Waals surface area contributed by atoms with Crippen molar-refractivity contribution in [3.05, 3.63) is 27.6 Å². The predicted octanol–water partition coefficient (Wildman–Crippen LogP) is 1.58. The minimum atomic E-state index is -0.0175. The molecule has 1 saturated heterocycles. The number of aromatic nitrogens is 2. The monoisotopic (exact) mass is 326 g/mol. The van der Waals surface area contributed by atoms with Gasteiger partial charge >= 0.3 is 0 Å². The molecule has 0 aromatic carbocycles. The summed E-state index contributed by atoms with van der Waals surface area (Å²) in [4.78, 5) is 21.8. The van der Waals surface area contributed by atoms with E-state index in [4.69, 9.17) is 5.73 Å². The van der Waals surface area contributed by atoms with Crippen LogP contribution in [0, 0.1) is 11.8 Å². The average molecular weight is 327 g/mol. The second-order valence-corrected chi connectivity index (χ2v) is 6.92. The molecule has 0 bridgehead atoms. The number of hydrogen-bond acceptors (Lipinski definition) is 5. The number of rotatable bonds is 2. The second kappa shape index (κ2) is 5.68. The smallest absolute Gasteiger partial charge is 0.268 e. The zero-order chi connectivity index (χ0) is 13.7. The molecule has 7 heteroatoms. The molecule has 4 rings (SSSR count). The maximum Gasteiger partial charge on any atom is 0.268 e. The maximum absolute atomic E-state index is 12.0. The zero-order valence-corrected chi connectivity index (χ0v) is 13.3. The first kappa shape index (κ1) is 15.0. The maximum atomic E-state index is 12.0. The SMILES string of the molecule is Cl.NC1CCC2CN(Cc3nc4ccsc4c(=O)[nH]3)CC12. The highest BCUT2D eigenvalue weighted by Gasteiger charge is 2.40. The highest BCUT2D eigenvalue weighted by molar-refractivity contribution is 7.17. The number of aromatic amines is 1. The van der Waals surface area contributed by atoms with Gasteiger partial charge in [-0.25, -0.2) is 4.98 Å². The normalized spacial score (nSPS) is 28.7. The summed E-state index contributed by atoms with van der Waals surface area (Å²) >= 11 is 1.44. The lowest BCUT2D eigenvalue weighted by atomic mass is 9.98. The Balaban J connectivity index is 0.00000132. The summed E-state index contributed by atoms with van der Waals surface area (Å²) in [5.41, 5.74) is 6.95. The first-order valence-corrected chi connectivity index (χ1v) is 8.03. The van der Waals surface area contributed by atoms with Crippen molar-refractivity contribution in [1.82, 2.24) is 14.9 Å². The highest BCUT2D eigenvalue weighted by Crippen LogP contribution is 2.37. The van der Waals surface area contributed by atoms with E-state index in [0.29, 0.717) is 16.7 Å². The summed E-state index contributed by atoms with van der Waals surface area (Å²) in [6, 6.07) is 2.27. The number of hydrogen-bond donors (Lipinski definition) is 2. The lowest BCUT2D eigenvalue weighted by molar-refractivity contribution is 0.291. The molecule has 2 aliphatic rings. The Morgan fingerprint density at radius 1 is 1.43 bits per heavy atom. The third-order valence-electron chi connectivity index (χ3n) is 4.73. The van der Waals surface area contributed by atoms with Gasteiger partial charge in [0.25, 0.3) is 5.56 Å². The average Bonchev–Trinajstić information content (AvgIpc) is 3.08. The Bertz CT molecular complexity index is 700. The van der Waals surface area contributed by atoms with Gasteiger partial charge in [0, 0.05) is 19.1 Å². The first-order valence-electron chi connectivity index (χ1n) is 7.15. The van der Waals surface area contributed by atoms with Crippen LogP contribution in [0.25, 0.3) is 10.2 Å². The van der Waals surface area contributed by atoms with Crippen molar-refractivity contribution in [2.75, 3.05) is 13.1 Å². The quantitative estimate of drug-likeness (QED) is 0.878. The number of thiophene rings is 1. The molecule has 21 heavy (non-hydrogen) atoms. The van der Waals surface area contributed by atoms with E-state index < -0.39 is 0 Å². The molecule has 114 valence electrons. The van der Waals surface area contributed by atoms with Crippen LogP contribution in [0.15, 0.2) is 16.2 Å². The highest BCUT2D eigenvalue weighted by atomic mass is 35.5. The van der Waals surface area contributed by atoms with Gasteiger partial charge in [-0.3, -0.25) is 9.69 Å². The molecule has 2 aromatic heterocycles. The van der Waals surface area contributed by atoms with Gasteiger partial charge in [-0.2, -0.15) is 0 Å². The minimum Gasteiger partial charge on any atom is -0.327 e. The van der Waals surface area contributed by atoms with E-state index in [1.54, 1.807) is 0 Å². The molecule has 2 aromatic rings. The van der Waals surface area contributed by atoms with E-state index in [2.05, 4.69) is 14.9 Å². The molecule has 1 saturated carbocycles. The summed E-state index contributed by atoms with van der Waals surface area (Å²) in [6.45, 7) is 2.85. The van der Waals surface area contributed by atoms with Crippen molar-refractivity contribution in [2.24, 2.45) is 17.6 Å². The van der Waals surface area contributed by atoms with Gasteiger partial charge in [0.2, 0.25) is 0 Å². The number of H-pyrrole nitrogens is 1. The van der Waals surface area contributed by atoms with E-state index in [9.17, 15) is 4.79 Å². The fourth-order valence-electron chi connectivity index (χ4n) is 3.74. The molecule has 0 spiro atoms. The summed E-state index contributed by atoms with van der Waals surface area (Å²) in [5.74, 6) is 2.14. The number of nitrogens with one attached hydrogen (secondary N) is 1. The largest absolute Gasteiger partial charge is 0.327 e. The summed E-state index contributed by atoms with van der Waals surface area (Å²) in [7, 11) is 0. The van der Waals surface area contributed by atoms with Gasteiger partial charge in [0.1, 0.15) is 10.5 Å². The first-order chi connectivity index (χ1) is 9.70. The van der Waals surface area contributed by atoms with Gasteiger partial charge in [-0.1, -0.05) is 0 Å². The zero-order valence-electron chi connectivity index (χ0n) is 11.6. The van der Waals surface area contributed by atoms with Crippen LogP contribution in [0.1, 0.15) is 18.7 Å². The molecular formula is C14H19ClN4OS. The van der Waals surface area contributed by atoms with Crippen molar-refractivity contribution in [3.63, 3.8) is 0 Å². The molecule has 5 nitrogen and oxygen atoms in total. The van der Waals surface area contributed by atoms with Crippen LogP contribution in [-0.2, 0) is 6.54 Å². The van der Waals surface area contributed by atoms with Gasteiger partial charge < -0.3 is 10.7 Å². The lowest BCUT2D eigenvalue weighted by Gasteiger charge is -2.17. The number of fused-ring (bicyclic) bond motifs is 2. The molecule has 3 N–H and O–H groups in total. The van der Waals surface area contributed by atoms with Crippen LogP contribution in [0.5, 0.6) is 0 Å². The van der Waals surface area contributed by atoms with Crippen molar-refractivity contribution < 1.29 is 0 Å². The second-order valence-electron chi connectivity index (χ2n) is 6.01. The summed E-state index contributed by atoms with van der Waals surface area (Å²) < 4.78 is 0.717. The van der Waals surface area contributed by atoms with E-state index in [0.717, 1.165) is 36.9 Å². The van der Waals surface area contributed by atoms with Crippen LogP contribution < -0.4 is 11.3 Å². The Hall–Kier alpha value is -0.950.